The summed E-state index contributed by atoms with van der Waals surface area (Å²) in [6, 6.07) is 0.947. The number of nitrogens with two attached hydrogens (primary N) is 1. The molecule has 2 heterocycles. The molecule has 2 aromatic heterocycles. The maximum atomic E-state index is 12.5. The maximum absolute atomic E-state index is 12.5. The minimum atomic E-state index is -4.85. The predicted octanol–water partition coefficient (Wildman–Crippen LogP) is 3.22. The fourth-order valence-corrected chi connectivity index (χ4v) is 1.99. The molecule has 0 aliphatic carbocycles. The summed E-state index contributed by atoms with van der Waals surface area (Å²) in [5.74, 6) is -2.02. The molecule has 0 amide bonds. The third-order valence-electron chi connectivity index (χ3n) is 2.00. The van der Waals surface area contributed by atoms with Gasteiger partial charge in [0.05, 0.1) is 10.6 Å². The normalized spacial score (nSPS) is 12.7. The second-order valence-electron chi connectivity index (χ2n) is 3.53. The van der Waals surface area contributed by atoms with Crippen molar-refractivity contribution in [2.45, 2.75) is 12.4 Å². The van der Waals surface area contributed by atoms with E-state index in [2.05, 4.69) is 15.0 Å². The number of aromatic nitrogens is 3. The van der Waals surface area contributed by atoms with Crippen LogP contribution in [0.15, 0.2) is 12.3 Å². The number of halogens is 6. The summed E-state index contributed by atoms with van der Waals surface area (Å²) in [5.41, 5.74) is 4.83. The van der Waals surface area contributed by atoms with Gasteiger partial charge in [0.15, 0.2) is 5.01 Å². The van der Waals surface area contributed by atoms with Crippen LogP contribution in [0.25, 0.3) is 10.6 Å². The monoisotopic (exact) mass is 314 g/mol. The average Bonchev–Trinajstić information content (AvgIpc) is 2.75. The van der Waals surface area contributed by atoms with Crippen molar-refractivity contribution in [1.29, 1.82) is 0 Å². The molecule has 0 atom stereocenters. The second-order valence-corrected chi connectivity index (χ2v) is 4.56. The average molecular weight is 314 g/mol. The third-order valence-corrected chi connectivity index (χ3v) is 3.06. The SMILES string of the molecule is Nc1cc(-c2cnc(C(F)(F)F)s2)nc(C(F)(F)F)n1. The molecule has 0 unspecified atom stereocenters. The molecule has 0 fully saturated rings. The first kappa shape index (κ1) is 14.5. The Morgan fingerprint density at radius 2 is 1.65 bits per heavy atom. The van der Waals surface area contributed by atoms with Crippen molar-refractivity contribution in [3.8, 4) is 10.6 Å². The van der Waals surface area contributed by atoms with Gasteiger partial charge in [0.2, 0.25) is 5.82 Å². The van der Waals surface area contributed by atoms with E-state index in [-0.39, 0.29) is 21.9 Å². The molecule has 0 radical (unpaired) electrons. The Labute approximate surface area is 111 Å². The number of nitrogen functional groups attached to an aromatic ring is 1. The summed E-state index contributed by atoms with van der Waals surface area (Å²) in [5, 5.41) is -1.18. The van der Waals surface area contributed by atoms with Crippen LogP contribution < -0.4 is 5.73 Å². The highest BCUT2D eigenvalue weighted by molar-refractivity contribution is 7.15. The van der Waals surface area contributed by atoms with Crippen LogP contribution in [0.3, 0.4) is 0 Å². The van der Waals surface area contributed by atoms with Gasteiger partial charge in [-0.2, -0.15) is 26.3 Å². The first-order valence-corrected chi connectivity index (χ1v) is 5.64. The van der Waals surface area contributed by atoms with E-state index in [4.69, 9.17) is 5.73 Å². The lowest BCUT2D eigenvalue weighted by Crippen LogP contribution is -2.12. The summed E-state index contributed by atoms with van der Waals surface area (Å²) in [6.07, 6.45) is -8.73. The van der Waals surface area contributed by atoms with Gasteiger partial charge in [-0.25, -0.2) is 15.0 Å². The second kappa shape index (κ2) is 4.58. The van der Waals surface area contributed by atoms with Crippen LogP contribution in [0.4, 0.5) is 32.2 Å². The molecule has 108 valence electrons. The van der Waals surface area contributed by atoms with Crippen LogP contribution in [0, 0.1) is 0 Å². The number of rotatable bonds is 1. The Hall–Kier alpha value is -1.91. The van der Waals surface area contributed by atoms with Crippen molar-refractivity contribution in [3.05, 3.63) is 23.1 Å². The van der Waals surface area contributed by atoms with Gasteiger partial charge in [-0.1, -0.05) is 0 Å². The van der Waals surface area contributed by atoms with Crippen molar-refractivity contribution in [3.63, 3.8) is 0 Å². The molecule has 4 nitrogen and oxygen atoms in total. The number of hydrogen-bond donors (Lipinski definition) is 1. The molecule has 0 aromatic carbocycles. The van der Waals surface area contributed by atoms with Gasteiger partial charge < -0.3 is 5.73 Å². The summed E-state index contributed by atoms with van der Waals surface area (Å²) in [7, 11) is 0. The van der Waals surface area contributed by atoms with Gasteiger partial charge in [-0.15, -0.1) is 11.3 Å². The van der Waals surface area contributed by atoms with Crippen molar-refractivity contribution in [2.24, 2.45) is 0 Å². The number of alkyl halides is 6. The lowest BCUT2D eigenvalue weighted by atomic mass is 10.3. The summed E-state index contributed by atoms with van der Waals surface area (Å²) < 4.78 is 74.6. The number of anilines is 1. The minimum Gasteiger partial charge on any atom is -0.384 e. The van der Waals surface area contributed by atoms with Crippen LogP contribution >= 0.6 is 11.3 Å². The Morgan fingerprint density at radius 3 is 2.15 bits per heavy atom. The highest BCUT2D eigenvalue weighted by Crippen LogP contribution is 2.36. The number of thiazole rings is 1. The maximum Gasteiger partial charge on any atom is 0.451 e. The summed E-state index contributed by atoms with van der Waals surface area (Å²) >= 11 is 0.172. The van der Waals surface area contributed by atoms with Gasteiger partial charge in [0.25, 0.3) is 0 Å². The van der Waals surface area contributed by atoms with Gasteiger partial charge in [-0.05, 0) is 0 Å². The third kappa shape index (κ3) is 2.98. The molecule has 0 saturated heterocycles. The fourth-order valence-electron chi connectivity index (χ4n) is 1.24. The Bertz CT molecular complexity index is 632. The van der Waals surface area contributed by atoms with Crippen molar-refractivity contribution < 1.29 is 26.3 Å². The molecule has 11 heteroatoms. The molecule has 0 aliphatic rings. The first-order valence-electron chi connectivity index (χ1n) is 4.82. The molecule has 2 rings (SSSR count). The van der Waals surface area contributed by atoms with Crippen molar-refractivity contribution in [1.82, 2.24) is 15.0 Å². The zero-order valence-corrected chi connectivity index (χ0v) is 10.1. The topological polar surface area (TPSA) is 64.7 Å². The van der Waals surface area contributed by atoms with Gasteiger partial charge in [0, 0.05) is 12.3 Å². The largest absolute Gasteiger partial charge is 0.451 e. The lowest BCUT2D eigenvalue weighted by molar-refractivity contribution is -0.144. The van der Waals surface area contributed by atoms with Crippen molar-refractivity contribution >= 4 is 17.2 Å². The van der Waals surface area contributed by atoms with E-state index < -0.39 is 29.0 Å². The van der Waals surface area contributed by atoms with Gasteiger partial charge in [-0.3, -0.25) is 0 Å². The van der Waals surface area contributed by atoms with Crippen molar-refractivity contribution in [2.75, 3.05) is 5.73 Å². The van der Waals surface area contributed by atoms with Crippen LogP contribution in [0.1, 0.15) is 10.8 Å². The van der Waals surface area contributed by atoms with E-state index in [1.54, 1.807) is 0 Å². The fraction of sp³-hybridized carbons (Fsp3) is 0.222. The number of hydrogen-bond acceptors (Lipinski definition) is 5. The van der Waals surface area contributed by atoms with Crippen LogP contribution in [-0.2, 0) is 12.4 Å². The molecule has 0 spiro atoms. The molecule has 2 aromatic rings. The predicted molar refractivity (Wildman–Crippen MR) is 57.6 cm³/mol. The van der Waals surface area contributed by atoms with E-state index in [0.717, 1.165) is 12.3 Å². The van der Waals surface area contributed by atoms with E-state index in [1.165, 1.54) is 0 Å². The smallest absolute Gasteiger partial charge is 0.384 e. The van der Waals surface area contributed by atoms with E-state index in [1.807, 2.05) is 0 Å². The standard InChI is InChI=1S/C9H4F6N4S/c10-8(11,12)6-18-3(1-5(16)19-6)4-2-17-7(20-4)9(13,14)15/h1-2H,(H2,16,18,19). The molecular formula is C9H4F6N4S. The molecular weight excluding hydrogens is 310 g/mol. The Kier molecular flexibility index (Phi) is 3.32. The Morgan fingerprint density at radius 1 is 1.00 bits per heavy atom. The number of nitrogens with zero attached hydrogens (tertiary/aromatic N) is 3. The molecule has 0 saturated carbocycles. The summed E-state index contributed by atoms with van der Waals surface area (Å²) in [4.78, 5) is 9.06. The quantitative estimate of drug-likeness (QED) is 0.821. The van der Waals surface area contributed by atoms with Gasteiger partial charge >= 0.3 is 12.4 Å². The van der Waals surface area contributed by atoms with Crippen LogP contribution in [0.2, 0.25) is 0 Å². The molecule has 2 N–H and O–H groups in total. The van der Waals surface area contributed by atoms with E-state index in [0.29, 0.717) is 0 Å². The molecule has 0 bridgehead atoms. The molecule has 0 aliphatic heterocycles. The Balaban J connectivity index is 2.48. The first-order chi connectivity index (χ1) is 9.07. The van der Waals surface area contributed by atoms with E-state index in [9.17, 15) is 26.3 Å². The van der Waals surface area contributed by atoms with Crippen LogP contribution in [-0.4, -0.2) is 15.0 Å². The van der Waals surface area contributed by atoms with Gasteiger partial charge in [0.1, 0.15) is 5.82 Å². The zero-order chi connectivity index (χ0) is 15.1. The lowest BCUT2D eigenvalue weighted by Gasteiger charge is -2.07. The van der Waals surface area contributed by atoms with E-state index >= 15 is 0 Å². The minimum absolute atomic E-state index is 0.172. The summed E-state index contributed by atoms with van der Waals surface area (Å²) in [6.45, 7) is 0. The molecule has 20 heavy (non-hydrogen) atoms. The zero-order valence-electron chi connectivity index (χ0n) is 9.25. The highest BCUT2D eigenvalue weighted by atomic mass is 32.1. The van der Waals surface area contributed by atoms with Crippen LogP contribution in [0.5, 0.6) is 0 Å². The highest BCUT2D eigenvalue weighted by Gasteiger charge is 2.37.